The van der Waals surface area contributed by atoms with Gasteiger partial charge in [-0.2, -0.15) is 13.2 Å². The number of nitrogens with zero attached hydrogens (tertiary/aromatic N) is 1. The monoisotopic (exact) mass is 398 g/mol. The molecule has 2 aromatic carbocycles. The Morgan fingerprint density at radius 1 is 1.11 bits per heavy atom. The molecule has 1 fully saturated rings. The number of ether oxygens (including phenoxy) is 1. The molecule has 9 heteroatoms. The largest absolute Gasteiger partial charge is 0.418 e. The second-order valence-electron chi connectivity index (χ2n) is 6.29. The van der Waals surface area contributed by atoms with Crippen LogP contribution in [-0.2, 0) is 4.74 Å². The van der Waals surface area contributed by atoms with E-state index in [-0.39, 0.29) is 16.8 Å². The van der Waals surface area contributed by atoms with Crippen LogP contribution in [0, 0.1) is 5.82 Å². The SMILES string of the molecule is O=C(Nc1ccc(C(O)C(F)(F)F)cc1)c1ccc(N2CCOCC2)c(F)c1. The molecule has 1 saturated heterocycles. The van der Waals surface area contributed by atoms with Crippen LogP contribution in [0.5, 0.6) is 0 Å². The van der Waals surface area contributed by atoms with E-state index < -0.39 is 24.0 Å². The van der Waals surface area contributed by atoms with Crippen molar-refractivity contribution in [3.05, 3.63) is 59.4 Å². The third-order valence-electron chi connectivity index (χ3n) is 4.36. The lowest BCUT2D eigenvalue weighted by Crippen LogP contribution is -2.36. The zero-order valence-corrected chi connectivity index (χ0v) is 14.7. The highest BCUT2D eigenvalue weighted by Crippen LogP contribution is 2.32. The molecule has 0 aliphatic carbocycles. The summed E-state index contributed by atoms with van der Waals surface area (Å²) in [7, 11) is 0. The molecule has 0 spiro atoms. The van der Waals surface area contributed by atoms with Crippen LogP contribution in [0.15, 0.2) is 42.5 Å². The van der Waals surface area contributed by atoms with Crippen LogP contribution in [0.2, 0.25) is 0 Å². The van der Waals surface area contributed by atoms with Gasteiger partial charge in [0.25, 0.3) is 5.91 Å². The van der Waals surface area contributed by atoms with Crippen LogP contribution in [0.25, 0.3) is 0 Å². The van der Waals surface area contributed by atoms with Gasteiger partial charge in [0.1, 0.15) is 5.82 Å². The minimum absolute atomic E-state index is 0.0777. The first-order valence-electron chi connectivity index (χ1n) is 8.54. The van der Waals surface area contributed by atoms with Crippen LogP contribution in [0.3, 0.4) is 0 Å². The molecule has 1 amide bonds. The van der Waals surface area contributed by atoms with Crippen molar-refractivity contribution < 1.29 is 32.2 Å². The lowest BCUT2D eigenvalue weighted by molar-refractivity contribution is -0.206. The maximum absolute atomic E-state index is 14.4. The third-order valence-corrected chi connectivity index (χ3v) is 4.36. The fourth-order valence-corrected chi connectivity index (χ4v) is 2.85. The number of aliphatic hydroxyl groups excluding tert-OH is 1. The van der Waals surface area contributed by atoms with Gasteiger partial charge in [-0.15, -0.1) is 0 Å². The first-order valence-corrected chi connectivity index (χ1v) is 8.54. The molecule has 3 rings (SSSR count). The number of amides is 1. The molecule has 0 aromatic heterocycles. The Morgan fingerprint density at radius 3 is 2.32 bits per heavy atom. The Morgan fingerprint density at radius 2 is 1.75 bits per heavy atom. The first-order chi connectivity index (χ1) is 13.3. The fourth-order valence-electron chi connectivity index (χ4n) is 2.85. The summed E-state index contributed by atoms with van der Waals surface area (Å²) in [5, 5.41) is 11.7. The van der Waals surface area contributed by atoms with Gasteiger partial charge in [0.15, 0.2) is 6.10 Å². The van der Waals surface area contributed by atoms with E-state index in [1.165, 1.54) is 24.3 Å². The summed E-state index contributed by atoms with van der Waals surface area (Å²) in [6.07, 6.45) is -7.37. The number of benzene rings is 2. The number of hydrogen-bond donors (Lipinski definition) is 2. The van der Waals surface area contributed by atoms with E-state index >= 15 is 0 Å². The van der Waals surface area contributed by atoms with E-state index in [2.05, 4.69) is 5.32 Å². The van der Waals surface area contributed by atoms with Gasteiger partial charge in [0.2, 0.25) is 0 Å². The number of carbonyl (C=O) groups excluding carboxylic acids is 1. The fraction of sp³-hybridized carbons (Fsp3) is 0.316. The van der Waals surface area contributed by atoms with E-state index in [1.54, 1.807) is 0 Å². The van der Waals surface area contributed by atoms with Crippen molar-refractivity contribution in [1.82, 2.24) is 0 Å². The standard InChI is InChI=1S/C19H18F4N2O3/c20-15-11-13(3-6-16(15)25-7-9-28-10-8-25)18(27)24-14-4-1-12(2-5-14)17(26)19(21,22)23/h1-6,11,17,26H,7-10H2,(H,24,27). The summed E-state index contributed by atoms with van der Waals surface area (Å²) in [4.78, 5) is 14.1. The van der Waals surface area contributed by atoms with Crippen LogP contribution in [-0.4, -0.2) is 43.5 Å². The highest BCUT2D eigenvalue weighted by Gasteiger charge is 2.39. The molecular weight excluding hydrogens is 380 g/mol. The molecule has 1 unspecified atom stereocenters. The molecule has 5 nitrogen and oxygen atoms in total. The number of alkyl halides is 3. The van der Waals surface area contributed by atoms with Gasteiger partial charge in [-0.05, 0) is 35.9 Å². The number of nitrogens with one attached hydrogen (secondary N) is 1. The van der Waals surface area contributed by atoms with Crippen molar-refractivity contribution in [3.63, 3.8) is 0 Å². The summed E-state index contributed by atoms with van der Waals surface area (Å²) in [5.41, 5.74) is 0.339. The predicted octanol–water partition coefficient (Wildman–Crippen LogP) is 3.51. The van der Waals surface area contributed by atoms with Gasteiger partial charge in [0, 0.05) is 24.3 Å². The van der Waals surface area contributed by atoms with Gasteiger partial charge in [-0.1, -0.05) is 12.1 Å². The zero-order valence-electron chi connectivity index (χ0n) is 14.7. The lowest BCUT2D eigenvalue weighted by atomic mass is 10.1. The highest BCUT2D eigenvalue weighted by molar-refractivity contribution is 6.04. The normalized spacial score (nSPS) is 16.0. The molecular formula is C19H18F4N2O3. The van der Waals surface area contributed by atoms with E-state index in [1.807, 2.05) is 4.90 Å². The number of carbonyl (C=O) groups is 1. The Hall–Kier alpha value is -2.65. The molecule has 1 aliphatic heterocycles. The number of rotatable bonds is 4. The van der Waals surface area contributed by atoms with Crippen molar-refractivity contribution in [2.45, 2.75) is 12.3 Å². The topological polar surface area (TPSA) is 61.8 Å². The Labute approximate surface area is 158 Å². The molecule has 0 radical (unpaired) electrons. The van der Waals surface area contributed by atoms with Crippen LogP contribution >= 0.6 is 0 Å². The maximum Gasteiger partial charge on any atom is 0.418 e. The van der Waals surface area contributed by atoms with E-state index in [4.69, 9.17) is 4.74 Å². The van der Waals surface area contributed by atoms with Crippen LogP contribution < -0.4 is 10.2 Å². The van der Waals surface area contributed by atoms with Crippen LogP contribution in [0.1, 0.15) is 22.0 Å². The second kappa shape index (κ2) is 8.15. The number of aliphatic hydroxyl groups is 1. The Bertz CT molecular complexity index is 834. The summed E-state index contributed by atoms with van der Waals surface area (Å²) >= 11 is 0. The van der Waals surface area contributed by atoms with Gasteiger partial charge < -0.3 is 20.1 Å². The highest BCUT2D eigenvalue weighted by atomic mass is 19.4. The third kappa shape index (κ3) is 4.60. The molecule has 1 aliphatic rings. The van der Waals surface area contributed by atoms with Crippen LogP contribution in [0.4, 0.5) is 28.9 Å². The number of hydrogen-bond acceptors (Lipinski definition) is 4. The predicted molar refractivity (Wildman–Crippen MR) is 94.8 cm³/mol. The average Bonchev–Trinajstić information content (AvgIpc) is 2.68. The van der Waals surface area contributed by atoms with Crippen molar-refractivity contribution >= 4 is 17.3 Å². The number of morpholine rings is 1. The summed E-state index contributed by atoms with van der Waals surface area (Å²) in [6, 6.07) is 8.71. The minimum Gasteiger partial charge on any atom is -0.379 e. The van der Waals surface area contributed by atoms with Crippen molar-refractivity contribution in [3.8, 4) is 0 Å². The first kappa shape index (κ1) is 20.1. The summed E-state index contributed by atoms with van der Waals surface area (Å²) in [5.74, 6) is -1.14. The van der Waals surface area contributed by atoms with Crippen molar-refractivity contribution in [2.24, 2.45) is 0 Å². The average molecular weight is 398 g/mol. The molecule has 1 atom stereocenters. The summed E-state index contributed by atoms with van der Waals surface area (Å²) < 4.78 is 57.1. The van der Waals surface area contributed by atoms with Crippen molar-refractivity contribution in [1.29, 1.82) is 0 Å². The lowest BCUT2D eigenvalue weighted by Gasteiger charge is -2.29. The minimum atomic E-state index is -4.77. The molecule has 0 bridgehead atoms. The van der Waals surface area contributed by atoms with Gasteiger partial charge >= 0.3 is 6.18 Å². The Kier molecular flexibility index (Phi) is 5.85. The zero-order chi connectivity index (χ0) is 20.3. The quantitative estimate of drug-likeness (QED) is 0.774. The molecule has 2 aromatic rings. The molecule has 1 heterocycles. The van der Waals surface area contributed by atoms with Gasteiger partial charge in [0.05, 0.1) is 18.9 Å². The smallest absolute Gasteiger partial charge is 0.379 e. The van der Waals surface area contributed by atoms with E-state index in [0.29, 0.717) is 32.0 Å². The number of halogens is 4. The maximum atomic E-state index is 14.4. The Balaban J connectivity index is 1.68. The van der Waals surface area contributed by atoms with Crippen molar-refractivity contribution in [2.75, 3.05) is 36.5 Å². The second-order valence-corrected chi connectivity index (χ2v) is 6.29. The molecule has 150 valence electrons. The molecule has 28 heavy (non-hydrogen) atoms. The van der Waals surface area contributed by atoms with Gasteiger partial charge in [-0.25, -0.2) is 4.39 Å². The number of anilines is 2. The van der Waals surface area contributed by atoms with E-state index in [0.717, 1.165) is 18.2 Å². The molecule has 0 saturated carbocycles. The van der Waals surface area contributed by atoms with Gasteiger partial charge in [-0.3, -0.25) is 4.79 Å². The molecule has 2 N–H and O–H groups in total. The summed E-state index contributed by atoms with van der Waals surface area (Å²) in [6.45, 7) is 2.11. The van der Waals surface area contributed by atoms with E-state index in [9.17, 15) is 27.5 Å².